The first-order valence-corrected chi connectivity index (χ1v) is 5.85. The molecule has 0 radical (unpaired) electrons. The lowest BCUT2D eigenvalue weighted by Gasteiger charge is -2.12. The molecule has 0 aromatic heterocycles. The van der Waals surface area contributed by atoms with Gasteiger partial charge in [-0.1, -0.05) is 25.8 Å². The zero-order valence-electron chi connectivity index (χ0n) is 10.2. The Hall–Kier alpha value is -1.93. The third-order valence-corrected chi connectivity index (χ3v) is 2.59. The summed E-state index contributed by atoms with van der Waals surface area (Å²) in [6.45, 7) is 2.00. The summed E-state index contributed by atoms with van der Waals surface area (Å²) in [4.78, 5) is 11.7. The van der Waals surface area contributed by atoms with Crippen LogP contribution in [0.4, 0.5) is 10.1 Å². The Balaban J connectivity index is 2.76. The van der Waals surface area contributed by atoms with Gasteiger partial charge in [-0.05, 0) is 18.6 Å². The van der Waals surface area contributed by atoms with E-state index in [1.165, 1.54) is 18.2 Å². The van der Waals surface area contributed by atoms with Crippen molar-refractivity contribution < 1.29 is 9.18 Å². The minimum Gasteiger partial charge on any atom is -0.323 e. The highest BCUT2D eigenvalue weighted by Gasteiger charge is 2.15. The Labute approximate surface area is 106 Å². The Morgan fingerprint density at radius 1 is 1.61 bits per heavy atom. The van der Waals surface area contributed by atoms with E-state index in [1.807, 2.05) is 6.92 Å². The van der Waals surface area contributed by atoms with Crippen molar-refractivity contribution in [3.63, 3.8) is 0 Å². The molecule has 1 amide bonds. The number of halogens is 1. The second kappa shape index (κ2) is 6.72. The summed E-state index contributed by atoms with van der Waals surface area (Å²) in [6.07, 6.45) is 2.37. The Morgan fingerprint density at radius 2 is 2.33 bits per heavy atom. The summed E-state index contributed by atoms with van der Waals surface area (Å²) in [5, 5.41) is 11.3. The van der Waals surface area contributed by atoms with E-state index >= 15 is 0 Å². The van der Waals surface area contributed by atoms with E-state index in [1.54, 1.807) is 6.07 Å². The van der Waals surface area contributed by atoms with Crippen LogP contribution in [-0.4, -0.2) is 11.9 Å². The standard InChI is InChI=1S/C13H16FN3O/c1-2-3-6-11(16)13(18)17-12-7-4-5-10(14)9(12)8-15/h4-5,7,11H,2-3,6,16H2,1H3,(H,17,18)/t11-/m0/s1. The van der Waals surface area contributed by atoms with Crippen LogP contribution in [0.3, 0.4) is 0 Å². The van der Waals surface area contributed by atoms with E-state index in [2.05, 4.69) is 5.32 Å². The molecule has 1 aromatic carbocycles. The maximum absolute atomic E-state index is 13.3. The number of anilines is 1. The predicted molar refractivity (Wildman–Crippen MR) is 67.2 cm³/mol. The zero-order chi connectivity index (χ0) is 13.5. The van der Waals surface area contributed by atoms with Crippen molar-refractivity contribution in [2.45, 2.75) is 32.2 Å². The lowest BCUT2D eigenvalue weighted by atomic mass is 10.1. The largest absolute Gasteiger partial charge is 0.323 e. The van der Waals surface area contributed by atoms with Gasteiger partial charge in [-0.25, -0.2) is 4.39 Å². The molecular formula is C13H16FN3O. The molecule has 0 unspecified atom stereocenters. The fraction of sp³-hybridized carbons (Fsp3) is 0.385. The highest BCUT2D eigenvalue weighted by atomic mass is 19.1. The van der Waals surface area contributed by atoms with Crippen LogP contribution >= 0.6 is 0 Å². The summed E-state index contributed by atoms with van der Waals surface area (Å²) in [6, 6.07) is 5.17. The maximum atomic E-state index is 13.3. The number of amides is 1. The molecule has 0 heterocycles. The van der Waals surface area contributed by atoms with Crippen molar-refractivity contribution >= 4 is 11.6 Å². The third-order valence-electron chi connectivity index (χ3n) is 2.59. The summed E-state index contributed by atoms with van der Waals surface area (Å²) in [7, 11) is 0. The van der Waals surface area contributed by atoms with Crippen LogP contribution in [0.15, 0.2) is 18.2 Å². The van der Waals surface area contributed by atoms with Crippen molar-refractivity contribution in [3.05, 3.63) is 29.6 Å². The van der Waals surface area contributed by atoms with Gasteiger partial charge in [-0.15, -0.1) is 0 Å². The number of nitrogens with zero attached hydrogens (tertiary/aromatic N) is 1. The monoisotopic (exact) mass is 249 g/mol. The number of hydrogen-bond acceptors (Lipinski definition) is 3. The van der Waals surface area contributed by atoms with Gasteiger partial charge in [0, 0.05) is 0 Å². The number of carbonyl (C=O) groups excluding carboxylic acids is 1. The third kappa shape index (κ3) is 3.54. The Kier molecular flexibility index (Phi) is 5.28. The first kappa shape index (κ1) is 14.1. The van der Waals surface area contributed by atoms with E-state index in [9.17, 15) is 9.18 Å². The predicted octanol–water partition coefficient (Wildman–Crippen LogP) is 2.15. The van der Waals surface area contributed by atoms with Crippen LogP contribution in [0.5, 0.6) is 0 Å². The zero-order valence-corrected chi connectivity index (χ0v) is 10.2. The minimum absolute atomic E-state index is 0.162. The number of nitrogens with two attached hydrogens (primary N) is 1. The molecule has 18 heavy (non-hydrogen) atoms. The molecule has 0 aliphatic carbocycles. The van der Waals surface area contributed by atoms with Crippen molar-refractivity contribution in [2.24, 2.45) is 5.73 Å². The summed E-state index contributed by atoms with van der Waals surface area (Å²) in [5.41, 5.74) is 5.68. The van der Waals surface area contributed by atoms with Crippen LogP contribution in [0.25, 0.3) is 0 Å². The highest BCUT2D eigenvalue weighted by Crippen LogP contribution is 2.18. The summed E-state index contributed by atoms with van der Waals surface area (Å²) >= 11 is 0. The molecule has 0 spiro atoms. The Bertz CT molecular complexity index is 468. The van der Waals surface area contributed by atoms with Crippen LogP contribution in [0.1, 0.15) is 31.7 Å². The van der Waals surface area contributed by atoms with E-state index in [-0.39, 0.29) is 11.3 Å². The van der Waals surface area contributed by atoms with Gasteiger partial charge in [0.15, 0.2) is 0 Å². The molecule has 1 rings (SSSR count). The Morgan fingerprint density at radius 3 is 2.94 bits per heavy atom. The van der Waals surface area contributed by atoms with Gasteiger partial charge < -0.3 is 11.1 Å². The molecule has 96 valence electrons. The van der Waals surface area contributed by atoms with Gasteiger partial charge in [-0.2, -0.15) is 5.26 Å². The molecule has 0 saturated carbocycles. The molecule has 5 heteroatoms. The van der Waals surface area contributed by atoms with E-state index in [0.29, 0.717) is 6.42 Å². The van der Waals surface area contributed by atoms with Crippen molar-refractivity contribution in [2.75, 3.05) is 5.32 Å². The molecule has 1 aromatic rings. The number of nitriles is 1. The fourth-order valence-corrected chi connectivity index (χ4v) is 1.52. The molecular weight excluding hydrogens is 233 g/mol. The van der Waals surface area contributed by atoms with Gasteiger partial charge in [0.05, 0.1) is 11.7 Å². The van der Waals surface area contributed by atoms with E-state index in [0.717, 1.165) is 12.8 Å². The smallest absolute Gasteiger partial charge is 0.241 e. The minimum atomic E-state index is -0.655. The van der Waals surface area contributed by atoms with E-state index < -0.39 is 17.8 Å². The SMILES string of the molecule is CCCC[C@H](N)C(=O)Nc1cccc(F)c1C#N. The maximum Gasteiger partial charge on any atom is 0.241 e. The summed E-state index contributed by atoms with van der Waals surface area (Å²) < 4.78 is 13.3. The van der Waals surface area contributed by atoms with Gasteiger partial charge >= 0.3 is 0 Å². The average Bonchev–Trinajstić information content (AvgIpc) is 2.36. The number of unbranched alkanes of at least 4 members (excludes halogenated alkanes) is 1. The topological polar surface area (TPSA) is 78.9 Å². The van der Waals surface area contributed by atoms with Gasteiger partial charge in [-0.3, -0.25) is 4.79 Å². The first-order chi connectivity index (χ1) is 8.60. The van der Waals surface area contributed by atoms with Gasteiger partial charge in [0.2, 0.25) is 5.91 Å². The van der Waals surface area contributed by atoms with Crippen molar-refractivity contribution in [3.8, 4) is 6.07 Å². The van der Waals surface area contributed by atoms with Crippen molar-refractivity contribution in [1.82, 2.24) is 0 Å². The van der Waals surface area contributed by atoms with Crippen LogP contribution in [-0.2, 0) is 4.79 Å². The number of benzene rings is 1. The van der Waals surface area contributed by atoms with Gasteiger partial charge in [0.1, 0.15) is 17.4 Å². The molecule has 0 aliphatic rings. The summed E-state index contributed by atoms with van der Waals surface area (Å²) in [5.74, 6) is -1.05. The van der Waals surface area contributed by atoms with Crippen LogP contribution < -0.4 is 11.1 Å². The lowest BCUT2D eigenvalue weighted by Crippen LogP contribution is -2.35. The number of carbonyl (C=O) groups is 1. The number of hydrogen-bond donors (Lipinski definition) is 2. The lowest BCUT2D eigenvalue weighted by molar-refractivity contribution is -0.117. The molecule has 0 saturated heterocycles. The van der Waals surface area contributed by atoms with Crippen LogP contribution in [0, 0.1) is 17.1 Å². The normalized spacial score (nSPS) is 11.7. The molecule has 0 bridgehead atoms. The molecule has 0 aliphatic heterocycles. The molecule has 3 N–H and O–H groups in total. The second-order valence-corrected chi connectivity index (χ2v) is 4.01. The fourth-order valence-electron chi connectivity index (χ4n) is 1.52. The molecule has 1 atom stereocenters. The number of rotatable bonds is 5. The highest BCUT2D eigenvalue weighted by molar-refractivity contribution is 5.95. The van der Waals surface area contributed by atoms with E-state index in [4.69, 9.17) is 11.0 Å². The molecule has 0 fully saturated rings. The van der Waals surface area contributed by atoms with Crippen LogP contribution in [0.2, 0.25) is 0 Å². The average molecular weight is 249 g/mol. The van der Waals surface area contributed by atoms with Gasteiger partial charge in [0.25, 0.3) is 0 Å². The second-order valence-electron chi connectivity index (χ2n) is 4.01. The first-order valence-electron chi connectivity index (χ1n) is 5.85. The number of nitrogens with one attached hydrogen (secondary N) is 1. The van der Waals surface area contributed by atoms with Crippen molar-refractivity contribution in [1.29, 1.82) is 5.26 Å². The molecule has 4 nitrogen and oxygen atoms in total. The quantitative estimate of drug-likeness (QED) is 0.839.